The number of sulfonamides is 1. The summed E-state index contributed by atoms with van der Waals surface area (Å²) in [5.41, 5.74) is 3.89. The second-order valence-corrected chi connectivity index (χ2v) is 7.89. The van der Waals surface area contributed by atoms with Crippen molar-refractivity contribution < 1.29 is 8.42 Å². The van der Waals surface area contributed by atoms with Crippen LogP contribution in [0.5, 0.6) is 0 Å². The fourth-order valence-electron chi connectivity index (χ4n) is 2.56. The first kappa shape index (κ1) is 18.2. The van der Waals surface area contributed by atoms with E-state index in [4.69, 9.17) is 11.6 Å². The lowest BCUT2D eigenvalue weighted by molar-refractivity contribution is 0.584. The van der Waals surface area contributed by atoms with Crippen LogP contribution in [-0.2, 0) is 10.0 Å². The van der Waals surface area contributed by atoms with E-state index in [1.54, 1.807) is 37.4 Å². The highest BCUT2D eigenvalue weighted by molar-refractivity contribution is 7.89. The van der Waals surface area contributed by atoms with Gasteiger partial charge in [-0.05, 0) is 37.6 Å². The van der Waals surface area contributed by atoms with Crippen molar-refractivity contribution in [3.8, 4) is 11.3 Å². The average molecular weight is 389 g/mol. The van der Waals surface area contributed by atoms with Crippen molar-refractivity contribution in [2.75, 3.05) is 0 Å². The third-order valence-electron chi connectivity index (χ3n) is 3.80. The number of hydrogen-bond acceptors (Lipinski definition) is 4. The smallest absolute Gasteiger partial charge is 0.276 e. The van der Waals surface area contributed by atoms with Crippen molar-refractivity contribution in [3.63, 3.8) is 0 Å². The molecule has 26 heavy (non-hydrogen) atoms. The van der Waals surface area contributed by atoms with Gasteiger partial charge in [-0.25, -0.2) is 4.83 Å². The summed E-state index contributed by atoms with van der Waals surface area (Å²) in [4.78, 5) is 2.44. The van der Waals surface area contributed by atoms with E-state index in [2.05, 4.69) is 20.1 Å². The molecule has 3 rings (SSSR count). The molecule has 0 radical (unpaired) electrons. The first-order valence-electron chi connectivity index (χ1n) is 7.78. The molecule has 0 aliphatic heterocycles. The number of hydrogen-bond donors (Lipinski definition) is 2. The van der Waals surface area contributed by atoms with E-state index in [0.29, 0.717) is 16.1 Å². The van der Waals surface area contributed by atoms with Gasteiger partial charge < -0.3 is 0 Å². The highest BCUT2D eigenvalue weighted by atomic mass is 35.5. The summed E-state index contributed by atoms with van der Waals surface area (Å²) < 4.78 is 24.8. The molecule has 6 nitrogen and oxygen atoms in total. The van der Waals surface area contributed by atoms with Crippen LogP contribution in [0, 0.1) is 13.8 Å². The van der Waals surface area contributed by atoms with Gasteiger partial charge in [0.25, 0.3) is 10.0 Å². The molecule has 2 aromatic carbocycles. The molecule has 1 heterocycles. The van der Waals surface area contributed by atoms with Crippen molar-refractivity contribution >= 4 is 27.8 Å². The van der Waals surface area contributed by atoms with Crippen molar-refractivity contribution in [1.82, 2.24) is 15.0 Å². The van der Waals surface area contributed by atoms with Gasteiger partial charge in [-0.3, -0.25) is 5.10 Å². The minimum absolute atomic E-state index is 0.199. The number of nitrogens with one attached hydrogen (secondary N) is 2. The number of hydrazone groups is 1. The molecule has 134 valence electrons. The molecule has 0 aliphatic rings. The van der Waals surface area contributed by atoms with E-state index in [1.807, 2.05) is 25.1 Å². The first-order chi connectivity index (χ1) is 12.4. The topological polar surface area (TPSA) is 87.2 Å². The maximum Gasteiger partial charge on any atom is 0.276 e. The van der Waals surface area contributed by atoms with Crippen molar-refractivity contribution in [2.45, 2.75) is 18.7 Å². The normalized spacial score (nSPS) is 11.8. The van der Waals surface area contributed by atoms with Crippen LogP contribution in [0.2, 0.25) is 5.02 Å². The number of aromatic nitrogens is 2. The first-order valence-corrected chi connectivity index (χ1v) is 9.64. The van der Waals surface area contributed by atoms with Crippen LogP contribution >= 0.6 is 11.6 Å². The molecule has 0 saturated heterocycles. The molecule has 2 N–H and O–H groups in total. The van der Waals surface area contributed by atoms with Crippen LogP contribution in [0.4, 0.5) is 0 Å². The van der Waals surface area contributed by atoms with E-state index in [-0.39, 0.29) is 4.90 Å². The number of aryl methyl sites for hydroxylation is 2. The van der Waals surface area contributed by atoms with E-state index < -0.39 is 10.0 Å². The van der Waals surface area contributed by atoms with Gasteiger partial charge in [0.05, 0.1) is 23.0 Å². The Morgan fingerprint density at radius 2 is 1.88 bits per heavy atom. The minimum Gasteiger partial charge on any atom is -0.277 e. The molecule has 3 aromatic rings. The Labute approximate surface area is 157 Å². The van der Waals surface area contributed by atoms with Gasteiger partial charge in [0.15, 0.2) is 0 Å². The third-order valence-corrected chi connectivity index (χ3v) is 5.43. The number of halogens is 1. The number of nitrogens with zero attached hydrogens (tertiary/aromatic N) is 2. The predicted molar refractivity (Wildman–Crippen MR) is 103 cm³/mol. The quantitative estimate of drug-likeness (QED) is 0.516. The van der Waals surface area contributed by atoms with Crippen molar-refractivity contribution in [3.05, 3.63) is 70.4 Å². The van der Waals surface area contributed by atoms with Crippen LogP contribution < -0.4 is 4.83 Å². The summed E-state index contributed by atoms with van der Waals surface area (Å²) in [6.45, 7) is 3.66. The second kappa shape index (κ2) is 7.31. The summed E-state index contributed by atoms with van der Waals surface area (Å²) in [5, 5.41) is 11.4. The Hall–Kier alpha value is -2.64. The average Bonchev–Trinajstić information content (AvgIpc) is 3.03. The van der Waals surface area contributed by atoms with Gasteiger partial charge in [0.2, 0.25) is 0 Å². The molecule has 8 heteroatoms. The maximum atomic E-state index is 12.4. The van der Waals surface area contributed by atoms with E-state index in [9.17, 15) is 8.42 Å². The van der Waals surface area contributed by atoms with Gasteiger partial charge in [-0.1, -0.05) is 41.4 Å². The molecule has 0 fully saturated rings. The fourth-order valence-corrected chi connectivity index (χ4v) is 3.70. The predicted octanol–water partition coefficient (Wildman–Crippen LogP) is 3.66. The summed E-state index contributed by atoms with van der Waals surface area (Å²) >= 11 is 5.90. The zero-order valence-electron chi connectivity index (χ0n) is 14.2. The number of aromatic amines is 1. The summed E-state index contributed by atoms with van der Waals surface area (Å²) in [7, 11) is -3.74. The van der Waals surface area contributed by atoms with Crippen LogP contribution in [0.3, 0.4) is 0 Å². The highest BCUT2D eigenvalue weighted by Gasteiger charge is 2.15. The molecule has 0 bridgehead atoms. The van der Waals surface area contributed by atoms with Crippen molar-refractivity contribution in [2.24, 2.45) is 5.10 Å². The zero-order chi connectivity index (χ0) is 18.7. The lowest BCUT2D eigenvalue weighted by Crippen LogP contribution is -2.19. The highest BCUT2D eigenvalue weighted by Crippen LogP contribution is 2.22. The molecule has 0 amide bonds. The molecule has 1 aromatic heterocycles. The van der Waals surface area contributed by atoms with E-state index in [0.717, 1.165) is 16.8 Å². The zero-order valence-corrected chi connectivity index (χ0v) is 15.8. The number of rotatable bonds is 5. The second-order valence-electron chi connectivity index (χ2n) is 5.83. The molecule has 0 spiro atoms. The van der Waals surface area contributed by atoms with E-state index in [1.165, 1.54) is 6.21 Å². The van der Waals surface area contributed by atoms with Crippen LogP contribution in [0.15, 0.2) is 58.7 Å². The lowest BCUT2D eigenvalue weighted by atomic mass is 10.1. The summed E-state index contributed by atoms with van der Waals surface area (Å²) in [5.74, 6) is 0. The number of H-pyrrole nitrogens is 1. The summed E-state index contributed by atoms with van der Waals surface area (Å²) in [6.07, 6.45) is 2.98. The Morgan fingerprint density at radius 1 is 1.15 bits per heavy atom. The van der Waals surface area contributed by atoms with Crippen molar-refractivity contribution in [1.29, 1.82) is 0 Å². The lowest BCUT2D eigenvalue weighted by Gasteiger charge is -2.07. The van der Waals surface area contributed by atoms with E-state index >= 15 is 0 Å². The molecule has 0 aliphatic carbocycles. The van der Waals surface area contributed by atoms with Crippen LogP contribution in [0.25, 0.3) is 11.3 Å². The standard InChI is InChI=1S/C18H17ClN4O2S/c1-12-3-8-17(13(2)9-12)26(24,25)23-21-11-15-10-20-22-18(15)14-4-6-16(19)7-5-14/h3-11,23H,1-2H3,(H,20,22). The van der Waals surface area contributed by atoms with Gasteiger partial charge >= 0.3 is 0 Å². The Balaban J connectivity index is 1.81. The van der Waals surface area contributed by atoms with Crippen LogP contribution in [-0.4, -0.2) is 24.8 Å². The fraction of sp³-hybridized carbons (Fsp3) is 0.111. The minimum atomic E-state index is -3.74. The summed E-state index contributed by atoms with van der Waals surface area (Å²) in [6, 6.07) is 12.3. The molecule has 0 unspecified atom stereocenters. The Kier molecular flexibility index (Phi) is 5.11. The monoisotopic (exact) mass is 388 g/mol. The Bertz CT molecular complexity index is 1060. The van der Waals surface area contributed by atoms with Gasteiger partial charge in [0.1, 0.15) is 0 Å². The van der Waals surface area contributed by atoms with Crippen LogP contribution in [0.1, 0.15) is 16.7 Å². The molecular formula is C18H17ClN4O2S. The molecular weight excluding hydrogens is 372 g/mol. The Morgan fingerprint density at radius 3 is 2.58 bits per heavy atom. The molecule has 0 atom stereocenters. The van der Waals surface area contributed by atoms with Gasteiger partial charge in [-0.2, -0.15) is 18.6 Å². The SMILES string of the molecule is Cc1ccc(S(=O)(=O)NN=Cc2cn[nH]c2-c2ccc(Cl)cc2)c(C)c1. The van der Waals surface area contributed by atoms with Gasteiger partial charge in [-0.15, -0.1) is 0 Å². The van der Waals surface area contributed by atoms with Gasteiger partial charge in [0, 0.05) is 16.1 Å². The number of benzene rings is 2. The third kappa shape index (κ3) is 3.95. The molecule has 0 saturated carbocycles. The largest absolute Gasteiger partial charge is 0.277 e. The maximum absolute atomic E-state index is 12.4.